The second kappa shape index (κ2) is 3.58. The molecule has 0 saturated carbocycles. The van der Waals surface area contributed by atoms with Crippen molar-refractivity contribution in [2.75, 3.05) is 0 Å². The Labute approximate surface area is 83.9 Å². The molecule has 0 saturated heterocycles. The first-order valence-corrected chi connectivity index (χ1v) is 4.06. The molecule has 84 valence electrons. The van der Waals surface area contributed by atoms with E-state index in [9.17, 15) is 18.7 Å². The molecule has 1 unspecified atom stereocenters. The number of carboxylic acids is 1. The Morgan fingerprint density at radius 3 is 2.53 bits per heavy atom. The SMILES string of the molecule is Cc1c(C(O)C(F)(F)C(=O)O)cnn1C. The molecule has 0 amide bonds. The van der Waals surface area contributed by atoms with E-state index in [-0.39, 0.29) is 5.56 Å². The van der Waals surface area contributed by atoms with Crippen molar-refractivity contribution in [1.29, 1.82) is 0 Å². The molecular formula is C8H10F2N2O3. The number of carboxylic acid groups (broad SMARTS) is 1. The maximum Gasteiger partial charge on any atom is 0.377 e. The third-order valence-electron chi connectivity index (χ3n) is 2.20. The predicted molar refractivity (Wildman–Crippen MR) is 45.5 cm³/mol. The van der Waals surface area contributed by atoms with Gasteiger partial charge in [-0.15, -0.1) is 0 Å². The van der Waals surface area contributed by atoms with Gasteiger partial charge < -0.3 is 10.2 Å². The Morgan fingerprint density at radius 1 is 1.67 bits per heavy atom. The predicted octanol–water partition coefficient (Wildman–Crippen LogP) is 0.482. The van der Waals surface area contributed by atoms with Gasteiger partial charge in [0.1, 0.15) is 0 Å². The van der Waals surface area contributed by atoms with Crippen LogP contribution in [-0.2, 0) is 11.8 Å². The van der Waals surface area contributed by atoms with E-state index < -0.39 is 18.0 Å². The number of aliphatic carboxylic acids is 1. The standard InChI is InChI=1S/C8H10F2N2O3/c1-4-5(3-11-12(4)2)6(13)8(9,10)7(14)15/h3,6,13H,1-2H3,(H,14,15). The highest BCUT2D eigenvalue weighted by Crippen LogP contribution is 2.32. The summed E-state index contributed by atoms with van der Waals surface area (Å²) in [7, 11) is 1.50. The molecule has 0 spiro atoms. The highest BCUT2D eigenvalue weighted by Gasteiger charge is 2.48. The van der Waals surface area contributed by atoms with E-state index >= 15 is 0 Å². The monoisotopic (exact) mass is 220 g/mol. The lowest BCUT2D eigenvalue weighted by molar-refractivity contribution is -0.183. The summed E-state index contributed by atoms with van der Waals surface area (Å²) in [5.41, 5.74) is 0.105. The Morgan fingerprint density at radius 2 is 2.20 bits per heavy atom. The molecule has 5 nitrogen and oxygen atoms in total. The van der Waals surface area contributed by atoms with Crippen molar-refractivity contribution >= 4 is 5.97 Å². The first-order valence-electron chi connectivity index (χ1n) is 4.06. The van der Waals surface area contributed by atoms with Crippen LogP contribution in [0.4, 0.5) is 8.78 Å². The van der Waals surface area contributed by atoms with Crippen molar-refractivity contribution in [1.82, 2.24) is 9.78 Å². The van der Waals surface area contributed by atoms with Crippen molar-refractivity contribution in [2.45, 2.75) is 19.0 Å². The van der Waals surface area contributed by atoms with Crippen LogP contribution in [0.2, 0.25) is 0 Å². The molecule has 1 aromatic heterocycles. The zero-order valence-corrected chi connectivity index (χ0v) is 8.11. The van der Waals surface area contributed by atoms with Crippen LogP contribution in [-0.4, -0.2) is 31.9 Å². The van der Waals surface area contributed by atoms with Gasteiger partial charge >= 0.3 is 11.9 Å². The maximum absolute atomic E-state index is 12.9. The summed E-state index contributed by atoms with van der Waals surface area (Å²) in [6.07, 6.45) is -1.36. The number of aliphatic hydroxyl groups is 1. The Bertz CT molecular complexity index is 389. The molecule has 1 heterocycles. The van der Waals surface area contributed by atoms with E-state index in [1.54, 1.807) is 0 Å². The average Bonchev–Trinajstić information content (AvgIpc) is 2.46. The molecule has 0 bridgehead atoms. The van der Waals surface area contributed by atoms with Gasteiger partial charge in [0, 0.05) is 18.3 Å². The number of alkyl halides is 2. The fourth-order valence-corrected chi connectivity index (χ4v) is 1.10. The largest absolute Gasteiger partial charge is 0.477 e. The van der Waals surface area contributed by atoms with E-state index in [4.69, 9.17) is 5.11 Å². The summed E-state index contributed by atoms with van der Waals surface area (Å²) in [5.74, 6) is -6.58. The molecule has 7 heteroatoms. The van der Waals surface area contributed by atoms with Crippen molar-refractivity contribution < 1.29 is 23.8 Å². The number of aromatic nitrogens is 2. The molecule has 2 N–H and O–H groups in total. The number of halogens is 2. The molecule has 0 aromatic carbocycles. The minimum absolute atomic E-state index is 0.190. The van der Waals surface area contributed by atoms with Crippen molar-refractivity contribution in [3.8, 4) is 0 Å². The summed E-state index contributed by atoms with van der Waals surface area (Å²) in [5, 5.41) is 21.1. The molecule has 15 heavy (non-hydrogen) atoms. The van der Waals surface area contributed by atoms with Gasteiger partial charge in [-0.25, -0.2) is 4.79 Å². The Balaban J connectivity index is 3.09. The number of rotatable bonds is 3. The highest BCUT2D eigenvalue weighted by molar-refractivity contribution is 5.76. The Hall–Kier alpha value is -1.50. The van der Waals surface area contributed by atoms with Crippen LogP contribution in [0.25, 0.3) is 0 Å². The summed E-state index contributed by atoms with van der Waals surface area (Å²) in [4.78, 5) is 10.2. The van der Waals surface area contributed by atoms with Gasteiger partial charge in [-0.05, 0) is 6.92 Å². The van der Waals surface area contributed by atoms with E-state index in [1.165, 1.54) is 18.7 Å². The van der Waals surface area contributed by atoms with Gasteiger partial charge in [0.15, 0.2) is 6.10 Å². The van der Waals surface area contributed by atoms with Crippen LogP contribution >= 0.6 is 0 Å². The molecule has 0 aliphatic carbocycles. The van der Waals surface area contributed by atoms with Crippen LogP contribution in [0.1, 0.15) is 17.4 Å². The second-order valence-electron chi connectivity index (χ2n) is 3.14. The maximum atomic E-state index is 12.9. The molecule has 1 atom stereocenters. The third-order valence-corrected chi connectivity index (χ3v) is 2.20. The summed E-state index contributed by atoms with van der Waals surface area (Å²) >= 11 is 0. The number of hydrogen-bond donors (Lipinski definition) is 2. The number of aliphatic hydroxyl groups excluding tert-OH is 1. The molecular weight excluding hydrogens is 210 g/mol. The normalized spacial score (nSPS) is 13.9. The summed E-state index contributed by atoms with van der Waals surface area (Å²) < 4.78 is 27.1. The van der Waals surface area contributed by atoms with Gasteiger partial charge in [0.25, 0.3) is 0 Å². The molecule has 0 aliphatic rings. The van der Waals surface area contributed by atoms with E-state index in [0.29, 0.717) is 5.69 Å². The fourth-order valence-electron chi connectivity index (χ4n) is 1.10. The van der Waals surface area contributed by atoms with Gasteiger partial charge in [0.2, 0.25) is 0 Å². The fraction of sp³-hybridized carbons (Fsp3) is 0.500. The smallest absolute Gasteiger partial charge is 0.377 e. The zero-order valence-electron chi connectivity index (χ0n) is 8.11. The van der Waals surface area contributed by atoms with Gasteiger partial charge in [-0.3, -0.25) is 4.68 Å². The zero-order chi connectivity index (χ0) is 11.8. The first kappa shape index (κ1) is 11.6. The number of aryl methyl sites for hydroxylation is 1. The van der Waals surface area contributed by atoms with Crippen LogP contribution in [0, 0.1) is 6.92 Å². The lowest BCUT2D eigenvalue weighted by atomic mass is 10.1. The summed E-state index contributed by atoms with van der Waals surface area (Å²) in [6, 6.07) is 0. The minimum atomic E-state index is -4.21. The molecule has 0 fully saturated rings. The van der Waals surface area contributed by atoms with Crippen LogP contribution in [0.15, 0.2) is 6.20 Å². The number of hydrogen-bond acceptors (Lipinski definition) is 3. The topological polar surface area (TPSA) is 75.3 Å². The van der Waals surface area contributed by atoms with Crippen LogP contribution in [0.3, 0.4) is 0 Å². The van der Waals surface area contributed by atoms with Gasteiger partial charge in [-0.1, -0.05) is 0 Å². The number of carbonyl (C=O) groups is 1. The van der Waals surface area contributed by atoms with Crippen molar-refractivity contribution in [3.63, 3.8) is 0 Å². The molecule has 1 rings (SSSR count). The molecule has 1 aromatic rings. The van der Waals surface area contributed by atoms with Crippen LogP contribution in [0.5, 0.6) is 0 Å². The average molecular weight is 220 g/mol. The van der Waals surface area contributed by atoms with E-state index in [0.717, 1.165) is 6.20 Å². The van der Waals surface area contributed by atoms with E-state index in [1.807, 2.05) is 0 Å². The number of nitrogens with zero attached hydrogens (tertiary/aromatic N) is 2. The van der Waals surface area contributed by atoms with Gasteiger partial charge in [0.05, 0.1) is 6.20 Å². The van der Waals surface area contributed by atoms with Crippen molar-refractivity contribution in [3.05, 3.63) is 17.5 Å². The molecule has 0 radical (unpaired) electrons. The second-order valence-corrected chi connectivity index (χ2v) is 3.14. The van der Waals surface area contributed by atoms with Crippen molar-refractivity contribution in [2.24, 2.45) is 7.05 Å². The summed E-state index contributed by atoms with van der Waals surface area (Å²) in [6.45, 7) is 1.46. The van der Waals surface area contributed by atoms with Gasteiger partial charge in [-0.2, -0.15) is 13.9 Å². The quantitative estimate of drug-likeness (QED) is 0.776. The third kappa shape index (κ3) is 1.82. The highest BCUT2D eigenvalue weighted by atomic mass is 19.3. The first-order chi connectivity index (χ1) is 6.78. The van der Waals surface area contributed by atoms with Crippen LogP contribution < -0.4 is 0 Å². The Kier molecular flexibility index (Phi) is 2.76. The van der Waals surface area contributed by atoms with E-state index in [2.05, 4.69) is 5.10 Å². The minimum Gasteiger partial charge on any atom is -0.477 e. The lowest BCUT2D eigenvalue weighted by Crippen LogP contribution is -2.35. The lowest BCUT2D eigenvalue weighted by Gasteiger charge is -2.17. The molecule has 0 aliphatic heterocycles.